The lowest BCUT2D eigenvalue weighted by atomic mass is 9.89. The van der Waals surface area contributed by atoms with Crippen LogP contribution in [0.5, 0.6) is 0 Å². The van der Waals surface area contributed by atoms with Gasteiger partial charge in [0.15, 0.2) is 8.32 Å². The molecule has 0 bridgehead atoms. The van der Waals surface area contributed by atoms with E-state index in [-0.39, 0.29) is 0 Å². The van der Waals surface area contributed by atoms with E-state index in [2.05, 4.69) is 109 Å². The highest BCUT2D eigenvalue weighted by molar-refractivity contribution is 9.10. The first-order chi connectivity index (χ1) is 15.7. The highest BCUT2D eigenvalue weighted by Crippen LogP contribution is 2.44. The first-order valence-corrected chi connectivity index (χ1v) is 17.5. The maximum Gasteiger partial charge on any atom is 0.200 e. The van der Waals surface area contributed by atoms with Crippen LogP contribution in [-0.2, 0) is 10.8 Å². The lowest BCUT2D eigenvalue weighted by Crippen LogP contribution is -2.48. The first kappa shape index (κ1) is 29.9. The van der Waals surface area contributed by atoms with Crippen molar-refractivity contribution in [1.82, 2.24) is 4.23 Å². The summed E-state index contributed by atoms with van der Waals surface area (Å²) in [6, 6.07) is 2.48. The number of hydrogen-bond acceptors (Lipinski definition) is 1. The molecule has 0 aliphatic carbocycles. The van der Waals surface area contributed by atoms with E-state index in [1.165, 1.54) is 26.5 Å². The van der Waals surface area contributed by atoms with Crippen LogP contribution in [0.4, 0.5) is 0 Å². The molecule has 194 valence electrons. The monoisotopic (exact) mass is 565 g/mol. The van der Waals surface area contributed by atoms with Gasteiger partial charge in [0.05, 0.1) is 0 Å². The number of halogens is 1. The molecule has 2 nitrogen and oxygen atoms in total. The van der Waals surface area contributed by atoms with E-state index in [9.17, 15) is 0 Å². The molecule has 0 atom stereocenters. The summed E-state index contributed by atoms with van der Waals surface area (Å²) in [4.78, 5) is 0. The van der Waals surface area contributed by atoms with Gasteiger partial charge in [0.25, 0.3) is 0 Å². The zero-order chi connectivity index (χ0) is 26.1. The zero-order valence-electron chi connectivity index (χ0n) is 24.4. The van der Waals surface area contributed by atoms with Crippen molar-refractivity contribution in [3.63, 3.8) is 0 Å². The van der Waals surface area contributed by atoms with Crippen molar-refractivity contribution in [2.24, 2.45) is 0 Å². The van der Waals surface area contributed by atoms with Crippen molar-refractivity contribution < 1.29 is 4.43 Å². The number of hydrogen-bond donors (Lipinski definition) is 0. The minimum atomic E-state index is -1.81. The summed E-state index contributed by atoms with van der Waals surface area (Å²) < 4.78 is 10.9. The molecule has 34 heavy (non-hydrogen) atoms. The minimum Gasteiger partial charge on any atom is -0.416 e. The van der Waals surface area contributed by atoms with Crippen LogP contribution in [-0.4, -0.2) is 29.6 Å². The smallest absolute Gasteiger partial charge is 0.200 e. The molecule has 0 fully saturated rings. The van der Waals surface area contributed by atoms with E-state index in [0.717, 1.165) is 29.9 Å². The quantitative estimate of drug-likeness (QED) is 0.196. The molecule has 0 radical (unpaired) electrons. The third-order valence-corrected chi connectivity index (χ3v) is 16.0. The van der Waals surface area contributed by atoms with E-state index in [4.69, 9.17) is 4.43 Å². The van der Waals surface area contributed by atoms with Gasteiger partial charge in [0.1, 0.15) is 10.4 Å². The Morgan fingerprint density at radius 1 is 0.853 bits per heavy atom. The fourth-order valence-corrected chi connectivity index (χ4v) is 14.5. The number of aromatic nitrogens is 1. The second-order valence-electron chi connectivity index (χ2n) is 12.2. The summed E-state index contributed by atoms with van der Waals surface area (Å²) in [6.07, 6.45) is 2.20. The molecule has 1 heterocycles. The molecule has 0 N–H and O–H groups in total. The Bertz CT molecular complexity index is 951. The Kier molecular flexibility index (Phi) is 10.4. The molecule has 0 saturated heterocycles. The van der Waals surface area contributed by atoms with Crippen molar-refractivity contribution in [3.05, 3.63) is 32.9 Å². The van der Waals surface area contributed by atoms with Gasteiger partial charge in [-0.3, -0.25) is 0 Å². The second-order valence-corrected chi connectivity index (χ2v) is 19.4. The third-order valence-electron chi connectivity index (χ3n) is 8.02. The molecule has 0 saturated carbocycles. The van der Waals surface area contributed by atoms with Crippen molar-refractivity contribution in [1.29, 1.82) is 0 Å². The molecule has 0 unspecified atom stereocenters. The SMILES string of the molecule is CC(C)c1cc2c(c(CCCO[Si](C(C)C)(C(C)C)C(C)C)c(C(C)C)n2[SiH3])c(C(C)C)c1Br. The van der Waals surface area contributed by atoms with Gasteiger partial charge in [0.2, 0.25) is 0 Å². The normalized spacial score (nSPS) is 13.4. The number of rotatable bonds is 11. The molecule has 0 spiro atoms. The molecular weight excluding hydrogens is 514 g/mol. The Labute approximate surface area is 223 Å². The number of benzene rings is 1. The Morgan fingerprint density at radius 3 is 1.79 bits per heavy atom. The van der Waals surface area contributed by atoms with Crippen LogP contribution in [0.2, 0.25) is 16.6 Å². The molecule has 0 aliphatic rings. The van der Waals surface area contributed by atoms with Gasteiger partial charge in [0, 0.05) is 27.7 Å². The molecule has 0 amide bonds. The van der Waals surface area contributed by atoms with Crippen LogP contribution >= 0.6 is 15.9 Å². The van der Waals surface area contributed by atoms with Gasteiger partial charge in [-0.1, -0.05) is 99.0 Å². The van der Waals surface area contributed by atoms with Crippen molar-refractivity contribution >= 4 is 45.6 Å². The predicted octanol–water partition coefficient (Wildman–Crippen LogP) is 9.03. The van der Waals surface area contributed by atoms with Gasteiger partial charge in [-0.05, 0) is 70.0 Å². The van der Waals surface area contributed by atoms with Crippen LogP contribution in [0.1, 0.15) is 130 Å². The van der Waals surface area contributed by atoms with Crippen LogP contribution < -0.4 is 0 Å². The van der Waals surface area contributed by atoms with E-state index in [1.807, 2.05) is 0 Å². The summed E-state index contributed by atoms with van der Waals surface area (Å²) >= 11 is 4.05. The van der Waals surface area contributed by atoms with Crippen molar-refractivity contribution in [2.45, 2.75) is 130 Å². The van der Waals surface area contributed by atoms with Crippen molar-refractivity contribution in [3.8, 4) is 0 Å². The Morgan fingerprint density at radius 2 is 1.38 bits per heavy atom. The average molecular weight is 567 g/mol. The summed E-state index contributed by atoms with van der Waals surface area (Å²) in [7, 11) is -0.799. The third kappa shape index (κ3) is 5.48. The number of aryl methyl sites for hydroxylation is 1. The predicted molar refractivity (Wildman–Crippen MR) is 163 cm³/mol. The first-order valence-electron chi connectivity index (χ1n) is 13.7. The van der Waals surface area contributed by atoms with E-state index in [0.29, 0.717) is 34.4 Å². The lowest BCUT2D eigenvalue weighted by molar-refractivity contribution is 0.272. The van der Waals surface area contributed by atoms with E-state index < -0.39 is 8.32 Å². The molecule has 5 heteroatoms. The van der Waals surface area contributed by atoms with E-state index >= 15 is 0 Å². The van der Waals surface area contributed by atoms with Gasteiger partial charge in [-0.15, -0.1) is 0 Å². The maximum absolute atomic E-state index is 6.94. The Balaban J connectivity index is 2.54. The fraction of sp³-hybridized carbons (Fsp3) is 0.724. The van der Waals surface area contributed by atoms with Gasteiger partial charge < -0.3 is 8.66 Å². The van der Waals surface area contributed by atoms with Gasteiger partial charge in [-0.25, -0.2) is 0 Å². The number of fused-ring (bicyclic) bond motifs is 1. The van der Waals surface area contributed by atoms with Crippen LogP contribution in [0.3, 0.4) is 0 Å². The highest BCUT2D eigenvalue weighted by Gasteiger charge is 2.44. The summed E-state index contributed by atoms with van der Waals surface area (Å²) in [5.74, 6) is 1.52. The summed E-state index contributed by atoms with van der Waals surface area (Å²) in [6.45, 7) is 29.3. The maximum atomic E-state index is 6.94. The van der Waals surface area contributed by atoms with Crippen LogP contribution in [0.25, 0.3) is 10.9 Å². The van der Waals surface area contributed by atoms with Gasteiger partial charge >= 0.3 is 0 Å². The molecule has 0 aliphatic heterocycles. The van der Waals surface area contributed by atoms with E-state index in [1.54, 1.807) is 11.3 Å². The molecular formula is C29H52BrNOSi2. The fourth-order valence-electron chi connectivity index (χ4n) is 6.68. The molecule has 1 aromatic heterocycles. The molecule has 1 aromatic carbocycles. The average Bonchev–Trinajstić information content (AvgIpc) is 2.97. The summed E-state index contributed by atoms with van der Waals surface area (Å²) in [5, 5.41) is 1.52. The highest BCUT2D eigenvalue weighted by atomic mass is 79.9. The van der Waals surface area contributed by atoms with Crippen molar-refractivity contribution in [2.75, 3.05) is 6.61 Å². The topological polar surface area (TPSA) is 14.2 Å². The Hall–Kier alpha value is -0.366. The summed E-state index contributed by atoms with van der Waals surface area (Å²) in [5.41, 5.74) is 9.45. The molecule has 2 rings (SSSR count). The standard InChI is InChI=1S/C29H52BrNOSi2/c1-17(2)24-16-25-27(26(18(3)4)28(24)30)23(29(19(5)6)31(25)33)14-13-15-32-34(20(7)8,21(9)10)22(11)12/h16-22H,13-15H2,1-12,33H3. The van der Waals surface area contributed by atoms with Crippen LogP contribution in [0, 0.1) is 0 Å². The zero-order valence-corrected chi connectivity index (χ0v) is 29.0. The van der Waals surface area contributed by atoms with Gasteiger partial charge in [-0.2, -0.15) is 0 Å². The second kappa shape index (κ2) is 11.8. The largest absolute Gasteiger partial charge is 0.416 e. The number of nitrogens with zero attached hydrogens (tertiary/aromatic N) is 1. The lowest BCUT2D eigenvalue weighted by Gasteiger charge is -2.42. The van der Waals surface area contributed by atoms with Crippen LogP contribution in [0.15, 0.2) is 10.5 Å². The molecule has 2 aromatic rings. The minimum absolute atomic E-state index is 0.484.